The zero-order valence-corrected chi connectivity index (χ0v) is 7.51. The molecule has 1 aromatic rings. The Balaban J connectivity index is 2.52. The Morgan fingerprint density at radius 1 is 0.857 bits per heavy atom. The van der Waals surface area contributed by atoms with Gasteiger partial charge in [0.15, 0.2) is 5.82 Å². The summed E-state index contributed by atoms with van der Waals surface area (Å²) < 4.78 is 0. The Morgan fingerprint density at radius 3 is 2.71 bits per heavy atom. The van der Waals surface area contributed by atoms with Crippen LogP contribution in [0.3, 0.4) is 0 Å². The molecule has 0 bridgehead atoms. The predicted octanol–water partition coefficient (Wildman–Crippen LogP) is 2.73. The first-order valence-electron chi connectivity index (χ1n) is 4.55. The van der Waals surface area contributed by atoms with Gasteiger partial charge in [0.1, 0.15) is 0 Å². The molecule has 0 N–H and O–H groups in total. The predicted molar refractivity (Wildman–Crippen MR) is 56.2 cm³/mol. The van der Waals surface area contributed by atoms with Crippen LogP contribution in [-0.2, 0) is 0 Å². The van der Waals surface area contributed by atoms with E-state index < -0.39 is 0 Å². The first-order valence-corrected chi connectivity index (χ1v) is 4.55. The Hall–Kier alpha value is -1.96. The van der Waals surface area contributed by atoms with Crippen molar-refractivity contribution in [2.24, 2.45) is 0 Å². The lowest BCUT2D eigenvalue weighted by Gasteiger charge is -1.88. The minimum Gasteiger partial charge on any atom is -0.237 e. The highest BCUT2D eigenvalue weighted by atomic mass is 14.9. The van der Waals surface area contributed by atoms with Gasteiger partial charge in [-0.15, -0.1) is 0 Å². The summed E-state index contributed by atoms with van der Waals surface area (Å²) in [6, 6.07) is 14.1. The van der Waals surface area contributed by atoms with Crippen molar-refractivity contribution in [3.05, 3.63) is 48.7 Å². The fourth-order valence-electron chi connectivity index (χ4n) is 1.67. The summed E-state index contributed by atoms with van der Waals surface area (Å²) in [5.74, 6) is 0.816. The van der Waals surface area contributed by atoms with Gasteiger partial charge in [-0.3, -0.25) is 0 Å². The van der Waals surface area contributed by atoms with E-state index in [1.54, 1.807) is 6.20 Å². The van der Waals surface area contributed by atoms with Crippen molar-refractivity contribution in [2.75, 3.05) is 0 Å². The smallest absolute Gasteiger partial charge is 0.160 e. The fourth-order valence-corrected chi connectivity index (χ4v) is 1.67. The molecule has 0 atom stereocenters. The van der Waals surface area contributed by atoms with Gasteiger partial charge in [-0.05, 0) is 12.1 Å². The zero-order chi connectivity index (χ0) is 9.38. The maximum absolute atomic E-state index is 4.44. The van der Waals surface area contributed by atoms with Gasteiger partial charge < -0.3 is 0 Å². The molecule has 2 heterocycles. The third kappa shape index (κ3) is 0.973. The molecular weight excluding hydrogens is 172 g/mol. The number of nitrogens with zero attached hydrogens (tertiary/aromatic N) is 2. The van der Waals surface area contributed by atoms with Crippen LogP contribution in [0.15, 0.2) is 48.7 Å². The summed E-state index contributed by atoms with van der Waals surface area (Å²) >= 11 is 0. The molecule has 0 fully saturated rings. The van der Waals surface area contributed by atoms with Gasteiger partial charge in [-0.25, -0.2) is 9.97 Å². The molecule has 0 unspecified atom stereocenters. The molecule has 0 saturated heterocycles. The average Bonchev–Trinajstić information content (AvgIpc) is 2.42. The van der Waals surface area contributed by atoms with Crippen molar-refractivity contribution in [1.82, 2.24) is 9.97 Å². The maximum Gasteiger partial charge on any atom is 0.160 e. The van der Waals surface area contributed by atoms with Crippen molar-refractivity contribution >= 4 is 10.9 Å². The number of hydrogen-bond acceptors (Lipinski definition) is 2. The first-order chi connectivity index (χ1) is 6.95. The molecular formula is C12H8N2. The van der Waals surface area contributed by atoms with Crippen LogP contribution in [0, 0.1) is 0 Å². The molecule has 0 aliphatic carbocycles. The number of aromatic nitrogens is 2. The van der Waals surface area contributed by atoms with E-state index in [9.17, 15) is 0 Å². The Morgan fingerprint density at radius 2 is 1.71 bits per heavy atom. The van der Waals surface area contributed by atoms with E-state index in [0.717, 1.165) is 16.9 Å². The van der Waals surface area contributed by atoms with Crippen LogP contribution in [-0.4, -0.2) is 9.97 Å². The van der Waals surface area contributed by atoms with Crippen molar-refractivity contribution in [3.8, 4) is 11.4 Å². The summed E-state index contributed by atoms with van der Waals surface area (Å²) in [5.41, 5.74) is 2.13. The van der Waals surface area contributed by atoms with Gasteiger partial charge in [0, 0.05) is 17.1 Å². The second-order valence-corrected chi connectivity index (χ2v) is 3.20. The summed E-state index contributed by atoms with van der Waals surface area (Å²) in [7, 11) is 0. The van der Waals surface area contributed by atoms with E-state index in [-0.39, 0.29) is 0 Å². The minimum atomic E-state index is 0.816. The van der Waals surface area contributed by atoms with Gasteiger partial charge in [0.2, 0.25) is 0 Å². The van der Waals surface area contributed by atoms with Gasteiger partial charge >= 0.3 is 0 Å². The van der Waals surface area contributed by atoms with Crippen molar-refractivity contribution in [1.29, 1.82) is 0 Å². The van der Waals surface area contributed by atoms with Gasteiger partial charge in [-0.2, -0.15) is 0 Å². The van der Waals surface area contributed by atoms with E-state index in [4.69, 9.17) is 0 Å². The molecule has 0 spiro atoms. The number of fused-ring (bicyclic) bond motifs is 3. The molecule has 2 nitrogen and oxygen atoms in total. The molecule has 2 aliphatic rings. The van der Waals surface area contributed by atoms with E-state index in [1.165, 1.54) is 5.39 Å². The number of hydrogen-bond donors (Lipinski definition) is 0. The van der Waals surface area contributed by atoms with E-state index in [2.05, 4.69) is 22.1 Å². The van der Waals surface area contributed by atoms with Crippen LogP contribution in [0.5, 0.6) is 0 Å². The number of benzene rings is 1. The molecule has 0 radical (unpaired) electrons. The fraction of sp³-hybridized carbons (Fsp3) is 0. The van der Waals surface area contributed by atoms with Gasteiger partial charge in [0.25, 0.3) is 0 Å². The molecule has 14 heavy (non-hydrogen) atoms. The average molecular weight is 180 g/mol. The minimum absolute atomic E-state index is 0.816. The summed E-state index contributed by atoms with van der Waals surface area (Å²) in [5, 5.41) is 1.17. The highest BCUT2D eigenvalue weighted by molar-refractivity contribution is 5.95. The quantitative estimate of drug-likeness (QED) is 0.531. The van der Waals surface area contributed by atoms with Crippen LogP contribution in [0.25, 0.3) is 22.3 Å². The zero-order valence-electron chi connectivity index (χ0n) is 7.51. The van der Waals surface area contributed by atoms with Gasteiger partial charge in [0.05, 0.1) is 5.52 Å². The van der Waals surface area contributed by atoms with Crippen LogP contribution < -0.4 is 0 Å². The monoisotopic (exact) mass is 180 g/mol. The van der Waals surface area contributed by atoms with E-state index in [0.29, 0.717) is 0 Å². The van der Waals surface area contributed by atoms with E-state index >= 15 is 0 Å². The Kier molecular flexibility index (Phi) is 1.47. The molecule has 2 aliphatic heterocycles. The summed E-state index contributed by atoms with van der Waals surface area (Å²) in [4.78, 5) is 8.71. The highest BCUT2D eigenvalue weighted by Crippen LogP contribution is 2.27. The maximum atomic E-state index is 4.44. The number of para-hydroxylation sites is 1. The van der Waals surface area contributed by atoms with Crippen LogP contribution in [0.1, 0.15) is 0 Å². The van der Waals surface area contributed by atoms with Gasteiger partial charge in [-0.1, -0.05) is 30.3 Å². The SMILES string of the molecule is c1ccc2c3ccccc3nc-2nc1. The molecule has 2 heteroatoms. The van der Waals surface area contributed by atoms with Crippen LogP contribution in [0.2, 0.25) is 0 Å². The standard InChI is InChI=1S/C12H8N2/c1-2-7-11-9(5-1)10-6-3-4-8-13-12(10)14-11/h1-8H. The van der Waals surface area contributed by atoms with Crippen LogP contribution in [0.4, 0.5) is 0 Å². The third-order valence-corrected chi connectivity index (χ3v) is 2.32. The summed E-state index contributed by atoms with van der Waals surface area (Å²) in [6.07, 6.45) is 1.77. The normalized spacial score (nSPS) is 10.9. The second kappa shape index (κ2) is 2.77. The lowest BCUT2D eigenvalue weighted by atomic mass is 10.1. The molecule has 0 aromatic heterocycles. The highest BCUT2D eigenvalue weighted by Gasteiger charge is 2.09. The lowest BCUT2D eigenvalue weighted by molar-refractivity contribution is 1.27. The molecule has 1 aromatic carbocycles. The molecule has 0 saturated carbocycles. The Bertz CT molecular complexity index is 560. The van der Waals surface area contributed by atoms with Crippen molar-refractivity contribution in [3.63, 3.8) is 0 Å². The molecule has 3 rings (SSSR count). The van der Waals surface area contributed by atoms with Crippen LogP contribution >= 0.6 is 0 Å². The lowest BCUT2D eigenvalue weighted by Crippen LogP contribution is -1.73. The first kappa shape index (κ1) is 7.44. The third-order valence-electron chi connectivity index (χ3n) is 2.32. The van der Waals surface area contributed by atoms with Crippen molar-refractivity contribution < 1.29 is 0 Å². The summed E-state index contributed by atoms with van der Waals surface area (Å²) in [6.45, 7) is 0. The van der Waals surface area contributed by atoms with E-state index in [1.807, 2.05) is 30.3 Å². The molecule has 0 amide bonds. The topological polar surface area (TPSA) is 25.8 Å². The number of rotatable bonds is 0. The largest absolute Gasteiger partial charge is 0.237 e. The molecule has 66 valence electrons. The Labute approximate surface area is 81.6 Å². The second-order valence-electron chi connectivity index (χ2n) is 3.20. The van der Waals surface area contributed by atoms with Crippen molar-refractivity contribution in [2.45, 2.75) is 0 Å².